The van der Waals surface area contributed by atoms with Crippen molar-refractivity contribution in [3.63, 3.8) is 0 Å². The molecule has 0 aromatic carbocycles. The van der Waals surface area contributed by atoms with Crippen molar-refractivity contribution >= 4 is 28.5 Å². The van der Waals surface area contributed by atoms with Crippen LogP contribution in [0, 0.1) is 12.8 Å². The Kier molecular flexibility index (Phi) is 5.62. The third-order valence-corrected chi connectivity index (χ3v) is 4.89. The highest BCUT2D eigenvalue weighted by Gasteiger charge is 2.31. The van der Waals surface area contributed by atoms with Gasteiger partial charge in [0.25, 0.3) is 0 Å². The number of nitrogens with zero attached hydrogens (tertiary/aromatic N) is 3. The molecule has 0 saturated carbocycles. The third-order valence-electron chi connectivity index (χ3n) is 3.33. The average Bonchev–Trinajstić information content (AvgIpc) is 2.84. The Bertz CT molecular complexity index is 598. The highest BCUT2D eigenvalue weighted by atomic mass is 35.5. The first-order valence-electron chi connectivity index (χ1n) is 7.51. The highest BCUT2D eigenvalue weighted by molar-refractivity contribution is 7.84. The molecular formula is C15H22ClN3O3S. The van der Waals surface area contributed by atoms with E-state index < -0.39 is 16.4 Å². The summed E-state index contributed by atoms with van der Waals surface area (Å²) in [7, 11) is -1.33. The molecular weight excluding hydrogens is 338 g/mol. The molecule has 0 spiro atoms. The molecule has 6 nitrogen and oxygen atoms in total. The molecule has 1 aromatic rings. The maximum Gasteiger partial charge on any atom is 0.410 e. The summed E-state index contributed by atoms with van der Waals surface area (Å²) in [4.78, 5) is 21.9. The van der Waals surface area contributed by atoms with E-state index in [1.165, 1.54) is 0 Å². The van der Waals surface area contributed by atoms with Crippen LogP contribution in [0.3, 0.4) is 0 Å². The molecule has 1 saturated heterocycles. The Morgan fingerprint density at radius 1 is 1.48 bits per heavy atom. The lowest BCUT2D eigenvalue weighted by Crippen LogP contribution is -2.35. The van der Waals surface area contributed by atoms with Gasteiger partial charge in [0.1, 0.15) is 10.8 Å². The van der Waals surface area contributed by atoms with Gasteiger partial charge < -0.3 is 9.64 Å². The zero-order chi connectivity index (χ0) is 17.2. The van der Waals surface area contributed by atoms with Crippen LogP contribution in [0.25, 0.3) is 0 Å². The first-order chi connectivity index (χ1) is 10.6. The summed E-state index contributed by atoms with van der Waals surface area (Å²) in [6.45, 7) is 8.46. The monoisotopic (exact) mass is 359 g/mol. The molecule has 2 atom stereocenters. The molecule has 1 amide bonds. The summed E-state index contributed by atoms with van der Waals surface area (Å²) in [6.07, 6.45) is 0.477. The van der Waals surface area contributed by atoms with Crippen molar-refractivity contribution in [2.45, 2.75) is 44.9 Å². The van der Waals surface area contributed by atoms with Gasteiger partial charge in [-0.25, -0.2) is 14.8 Å². The van der Waals surface area contributed by atoms with Crippen molar-refractivity contribution in [1.82, 2.24) is 14.9 Å². The Labute approximate surface area is 144 Å². The van der Waals surface area contributed by atoms with Crippen molar-refractivity contribution < 1.29 is 13.7 Å². The molecule has 2 rings (SSSR count). The summed E-state index contributed by atoms with van der Waals surface area (Å²) >= 11 is 5.88. The van der Waals surface area contributed by atoms with Gasteiger partial charge in [-0.05, 0) is 46.1 Å². The topological polar surface area (TPSA) is 72.4 Å². The molecule has 0 unspecified atom stereocenters. The van der Waals surface area contributed by atoms with E-state index in [-0.39, 0.29) is 17.2 Å². The molecule has 2 heterocycles. The van der Waals surface area contributed by atoms with Crippen LogP contribution in [-0.4, -0.2) is 49.6 Å². The van der Waals surface area contributed by atoms with Crippen LogP contribution >= 0.6 is 11.6 Å². The Balaban J connectivity index is 1.92. The molecule has 0 aliphatic carbocycles. The minimum absolute atomic E-state index is 0.145. The molecule has 23 heavy (non-hydrogen) atoms. The average molecular weight is 360 g/mol. The SMILES string of the molecule is Cc1cc(Cl)nc([S@@](=O)C[C@@H]2CCN(C(=O)OC(C)(C)C)C2)n1. The van der Waals surface area contributed by atoms with Gasteiger partial charge in [-0.1, -0.05) is 11.6 Å². The number of rotatable bonds is 3. The lowest BCUT2D eigenvalue weighted by atomic mass is 10.2. The fourth-order valence-corrected chi connectivity index (χ4v) is 3.94. The maximum absolute atomic E-state index is 12.4. The molecule has 1 aliphatic rings. The fraction of sp³-hybridized carbons (Fsp3) is 0.667. The first kappa shape index (κ1) is 18.1. The van der Waals surface area contributed by atoms with Gasteiger partial charge in [0.15, 0.2) is 0 Å². The van der Waals surface area contributed by atoms with Gasteiger partial charge in [0.05, 0.1) is 10.8 Å². The summed E-state index contributed by atoms with van der Waals surface area (Å²) in [5, 5.41) is 0.549. The number of carbonyl (C=O) groups is 1. The van der Waals surface area contributed by atoms with Gasteiger partial charge in [-0.2, -0.15) is 0 Å². The number of amides is 1. The summed E-state index contributed by atoms with van der Waals surface area (Å²) in [5.74, 6) is 0.560. The Hall–Kier alpha value is -1.21. The minimum Gasteiger partial charge on any atom is -0.444 e. The van der Waals surface area contributed by atoms with Gasteiger partial charge >= 0.3 is 6.09 Å². The van der Waals surface area contributed by atoms with Crippen LogP contribution in [0.4, 0.5) is 4.79 Å². The van der Waals surface area contributed by atoms with Gasteiger partial charge in [0, 0.05) is 24.5 Å². The fourth-order valence-electron chi connectivity index (χ4n) is 2.36. The van der Waals surface area contributed by atoms with Crippen LogP contribution in [0.1, 0.15) is 32.9 Å². The maximum atomic E-state index is 12.4. The lowest BCUT2D eigenvalue weighted by molar-refractivity contribution is 0.0289. The summed E-state index contributed by atoms with van der Waals surface area (Å²) in [5.41, 5.74) is 0.180. The second-order valence-electron chi connectivity index (χ2n) is 6.71. The number of hydrogen-bond acceptors (Lipinski definition) is 5. The van der Waals surface area contributed by atoms with Crippen LogP contribution in [0.15, 0.2) is 11.2 Å². The number of carbonyl (C=O) groups excluding carboxylic acids is 1. The van der Waals surface area contributed by atoms with Crippen molar-refractivity contribution in [3.8, 4) is 0 Å². The van der Waals surface area contributed by atoms with Gasteiger partial charge in [-0.15, -0.1) is 0 Å². The lowest BCUT2D eigenvalue weighted by Gasteiger charge is -2.24. The Morgan fingerprint density at radius 3 is 2.78 bits per heavy atom. The van der Waals surface area contributed by atoms with Crippen molar-refractivity contribution in [2.75, 3.05) is 18.8 Å². The predicted octanol–water partition coefficient (Wildman–Crippen LogP) is 2.80. The van der Waals surface area contributed by atoms with Gasteiger partial charge in [0.2, 0.25) is 5.16 Å². The van der Waals surface area contributed by atoms with Crippen LogP contribution in [0.2, 0.25) is 5.15 Å². The van der Waals surface area contributed by atoms with Gasteiger partial charge in [-0.3, -0.25) is 4.21 Å². The van der Waals surface area contributed by atoms with E-state index in [2.05, 4.69) is 9.97 Å². The summed E-state index contributed by atoms with van der Waals surface area (Å²) in [6, 6.07) is 1.63. The number of likely N-dealkylation sites (tertiary alicyclic amines) is 1. The zero-order valence-electron chi connectivity index (χ0n) is 13.8. The molecule has 0 radical (unpaired) electrons. The molecule has 128 valence electrons. The third kappa shape index (κ3) is 5.42. The van der Waals surface area contributed by atoms with Crippen molar-refractivity contribution in [1.29, 1.82) is 0 Å². The smallest absolute Gasteiger partial charge is 0.410 e. The number of ether oxygens (including phenoxy) is 1. The van der Waals surface area contributed by atoms with Crippen molar-refractivity contribution in [3.05, 3.63) is 16.9 Å². The van der Waals surface area contributed by atoms with E-state index >= 15 is 0 Å². The number of aryl methyl sites for hydroxylation is 1. The summed E-state index contributed by atoms with van der Waals surface area (Å²) < 4.78 is 17.8. The second-order valence-corrected chi connectivity index (χ2v) is 8.48. The quantitative estimate of drug-likeness (QED) is 0.613. The minimum atomic E-state index is -1.33. The van der Waals surface area contributed by atoms with Crippen molar-refractivity contribution in [2.24, 2.45) is 5.92 Å². The molecule has 0 bridgehead atoms. The van der Waals surface area contributed by atoms with E-state index in [9.17, 15) is 9.00 Å². The van der Waals surface area contributed by atoms with E-state index in [1.807, 2.05) is 20.8 Å². The molecule has 0 N–H and O–H groups in total. The van der Waals surface area contributed by atoms with E-state index in [1.54, 1.807) is 17.9 Å². The second kappa shape index (κ2) is 7.13. The standard InChI is InChI=1S/C15H22ClN3O3S/c1-10-7-12(16)18-13(17-10)23(21)9-11-5-6-19(8-11)14(20)22-15(2,3)4/h7,11H,5-6,8-9H2,1-4H3/t11-,23+/m1/s1. The van der Waals surface area contributed by atoms with E-state index in [0.29, 0.717) is 29.7 Å². The van der Waals surface area contributed by atoms with E-state index in [0.717, 1.165) is 6.42 Å². The molecule has 1 fully saturated rings. The molecule has 1 aromatic heterocycles. The van der Waals surface area contributed by atoms with Crippen LogP contribution < -0.4 is 0 Å². The largest absolute Gasteiger partial charge is 0.444 e. The normalized spacial score (nSPS) is 19.7. The van der Waals surface area contributed by atoms with Crippen LogP contribution in [0.5, 0.6) is 0 Å². The predicted molar refractivity (Wildman–Crippen MR) is 89.0 cm³/mol. The number of aromatic nitrogens is 2. The van der Waals surface area contributed by atoms with Crippen LogP contribution in [-0.2, 0) is 15.5 Å². The molecule has 1 aliphatic heterocycles. The first-order valence-corrected chi connectivity index (χ1v) is 9.21. The number of hydrogen-bond donors (Lipinski definition) is 0. The highest BCUT2D eigenvalue weighted by Crippen LogP contribution is 2.21. The molecule has 8 heteroatoms. The zero-order valence-corrected chi connectivity index (χ0v) is 15.4. The van der Waals surface area contributed by atoms with E-state index in [4.69, 9.17) is 16.3 Å². The Morgan fingerprint density at radius 2 is 2.17 bits per heavy atom. The number of halogens is 1.